The molecule has 0 N–H and O–H groups in total. The highest BCUT2D eigenvalue weighted by Gasteiger charge is 2.40. The Bertz CT molecular complexity index is 597. The van der Waals surface area contributed by atoms with Crippen LogP contribution >= 0.6 is 0 Å². The zero-order valence-electron chi connectivity index (χ0n) is 12.1. The molecular weight excluding hydrogens is 262 g/mol. The van der Waals surface area contributed by atoms with Gasteiger partial charge in [0.05, 0.1) is 19.1 Å². The molecule has 0 spiro atoms. The van der Waals surface area contributed by atoms with Crippen LogP contribution in [0.4, 0.5) is 5.69 Å². The van der Waals surface area contributed by atoms with E-state index in [1.165, 1.54) is 7.11 Å². The number of hydrogen-bond donors (Lipinski definition) is 0. The van der Waals surface area contributed by atoms with E-state index in [1.807, 2.05) is 36.4 Å². The number of carbonyl (C=O) groups excluding carboxylic acids is 1. The maximum absolute atomic E-state index is 12.1. The predicted molar refractivity (Wildman–Crippen MR) is 83.1 cm³/mol. The number of anilines is 1. The van der Waals surface area contributed by atoms with Crippen molar-refractivity contribution < 1.29 is 9.53 Å². The lowest BCUT2D eigenvalue weighted by atomic mass is 9.93. The van der Waals surface area contributed by atoms with E-state index in [2.05, 4.69) is 29.2 Å². The lowest BCUT2D eigenvalue weighted by Gasteiger charge is -2.29. The van der Waals surface area contributed by atoms with Gasteiger partial charge >= 0.3 is 5.97 Å². The van der Waals surface area contributed by atoms with Crippen LogP contribution in [0, 0.1) is 5.92 Å². The molecule has 2 unspecified atom stereocenters. The monoisotopic (exact) mass is 281 g/mol. The Morgan fingerprint density at radius 1 is 1.05 bits per heavy atom. The summed E-state index contributed by atoms with van der Waals surface area (Å²) in [5, 5.41) is 0. The molecule has 0 aliphatic carbocycles. The molecule has 1 fully saturated rings. The van der Waals surface area contributed by atoms with E-state index in [9.17, 15) is 4.79 Å². The zero-order chi connectivity index (χ0) is 14.7. The van der Waals surface area contributed by atoms with E-state index < -0.39 is 0 Å². The van der Waals surface area contributed by atoms with Crippen molar-refractivity contribution in [3.05, 3.63) is 66.2 Å². The number of carbonyl (C=O) groups is 1. The normalized spacial score (nSPS) is 21.3. The molecule has 21 heavy (non-hydrogen) atoms. The highest BCUT2D eigenvalue weighted by molar-refractivity contribution is 5.75. The predicted octanol–water partition coefficient (Wildman–Crippen LogP) is 3.43. The third-order valence-corrected chi connectivity index (χ3v) is 4.13. The van der Waals surface area contributed by atoms with Crippen molar-refractivity contribution in [2.45, 2.75) is 12.5 Å². The summed E-state index contributed by atoms with van der Waals surface area (Å²) in [5.41, 5.74) is 2.31. The molecular formula is C18H19NO2. The minimum absolute atomic E-state index is 0.0426. The molecule has 1 heterocycles. The lowest BCUT2D eigenvalue weighted by molar-refractivity contribution is -0.145. The number of methoxy groups -OCH3 is 1. The van der Waals surface area contributed by atoms with Crippen LogP contribution in [0.25, 0.3) is 0 Å². The molecule has 2 aromatic carbocycles. The molecule has 3 rings (SSSR count). The molecule has 3 nitrogen and oxygen atoms in total. The smallest absolute Gasteiger partial charge is 0.311 e. The Kier molecular flexibility index (Phi) is 3.91. The Balaban J connectivity index is 1.99. The first-order valence-corrected chi connectivity index (χ1v) is 7.25. The fourth-order valence-corrected chi connectivity index (χ4v) is 3.16. The Hall–Kier alpha value is -2.29. The first kappa shape index (κ1) is 13.7. The number of esters is 1. The second-order valence-corrected chi connectivity index (χ2v) is 5.30. The molecule has 1 saturated heterocycles. The minimum Gasteiger partial charge on any atom is -0.469 e. The average molecular weight is 281 g/mol. The number of ether oxygens (including phenoxy) is 1. The third-order valence-electron chi connectivity index (χ3n) is 4.13. The van der Waals surface area contributed by atoms with Gasteiger partial charge in [0, 0.05) is 12.2 Å². The third kappa shape index (κ3) is 2.64. The summed E-state index contributed by atoms with van der Waals surface area (Å²) in [5.74, 6) is -0.236. The van der Waals surface area contributed by atoms with Gasteiger partial charge in [-0.1, -0.05) is 48.5 Å². The maximum atomic E-state index is 12.1. The van der Waals surface area contributed by atoms with Crippen LogP contribution in [0.2, 0.25) is 0 Å². The molecule has 0 radical (unpaired) electrons. The first-order valence-electron chi connectivity index (χ1n) is 7.25. The Morgan fingerprint density at radius 3 is 2.29 bits per heavy atom. The van der Waals surface area contributed by atoms with Gasteiger partial charge in [-0.15, -0.1) is 0 Å². The molecule has 1 aliphatic heterocycles. The van der Waals surface area contributed by atoms with Crippen LogP contribution in [0.1, 0.15) is 18.0 Å². The molecule has 0 amide bonds. The second-order valence-electron chi connectivity index (χ2n) is 5.30. The van der Waals surface area contributed by atoms with Gasteiger partial charge in [-0.05, 0) is 24.1 Å². The summed E-state index contributed by atoms with van der Waals surface area (Å²) in [7, 11) is 1.47. The van der Waals surface area contributed by atoms with Crippen LogP contribution in [-0.2, 0) is 9.53 Å². The molecule has 0 saturated carbocycles. The van der Waals surface area contributed by atoms with Crippen LogP contribution < -0.4 is 4.90 Å². The molecule has 1 aliphatic rings. The standard InChI is InChI=1S/C18H19NO2/c1-21-18(20)16-12-13-19(15-10-6-3-7-11-15)17(16)14-8-4-2-5-9-14/h2-11,16-17H,12-13H2,1H3. The van der Waals surface area contributed by atoms with Gasteiger partial charge in [-0.2, -0.15) is 0 Å². The molecule has 0 aromatic heterocycles. The van der Waals surface area contributed by atoms with Gasteiger partial charge in [0.25, 0.3) is 0 Å². The number of nitrogens with zero attached hydrogens (tertiary/aromatic N) is 1. The van der Waals surface area contributed by atoms with Gasteiger partial charge < -0.3 is 9.64 Å². The Labute approximate surface area is 125 Å². The second kappa shape index (κ2) is 6.00. The summed E-state index contributed by atoms with van der Waals surface area (Å²) in [4.78, 5) is 14.4. The Morgan fingerprint density at radius 2 is 1.67 bits per heavy atom. The average Bonchev–Trinajstić information content (AvgIpc) is 3.00. The van der Waals surface area contributed by atoms with Gasteiger partial charge in [-0.3, -0.25) is 4.79 Å². The molecule has 2 aromatic rings. The number of para-hydroxylation sites is 1. The van der Waals surface area contributed by atoms with E-state index in [-0.39, 0.29) is 17.9 Å². The van der Waals surface area contributed by atoms with Crippen LogP contribution in [0.15, 0.2) is 60.7 Å². The molecule has 3 heteroatoms. The van der Waals surface area contributed by atoms with E-state index in [1.54, 1.807) is 0 Å². The summed E-state index contributed by atoms with van der Waals surface area (Å²) in [6.45, 7) is 0.864. The topological polar surface area (TPSA) is 29.5 Å². The van der Waals surface area contributed by atoms with Gasteiger partial charge in [0.15, 0.2) is 0 Å². The van der Waals surface area contributed by atoms with E-state index in [0.29, 0.717) is 0 Å². The van der Waals surface area contributed by atoms with E-state index in [4.69, 9.17) is 4.74 Å². The van der Waals surface area contributed by atoms with Gasteiger partial charge in [0.2, 0.25) is 0 Å². The SMILES string of the molecule is COC(=O)C1CCN(c2ccccc2)C1c1ccccc1. The molecule has 2 atom stereocenters. The van der Waals surface area contributed by atoms with Crippen molar-refractivity contribution in [1.82, 2.24) is 0 Å². The fourth-order valence-electron chi connectivity index (χ4n) is 3.16. The first-order chi connectivity index (χ1) is 10.3. The van der Waals surface area contributed by atoms with Crippen molar-refractivity contribution in [2.24, 2.45) is 5.92 Å². The molecule has 0 bridgehead atoms. The molecule has 108 valence electrons. The minimum atomic E-state index is -0.123. The van der Waals surface area contributed by atoms with Crippen LogP contribution in [0.5, 0.6) is 0 Å². The zero-order valence-corrected chi connectivity index (χ0v) is 12.1. The highest BCUT2D eigenvalue weighted by Crippen LogP contribution is 2.40. The van der Waals surface area contributed by atoms with Crippen molar-refractivity contribution in [2.75, 3.05) is 18.6 Å². The lowest BCUT2D eigenvalue weighted by Crippen LogP contribution is -2.28. The largest absolute Gasteiger partial charge is 0.469 e. The van der Waals surface area contributed by atoms with Crippen molar-refractivity contribution in [1.29, 1.82) is 0 Å². The summed E-state index contributed by atoms with van der Waals surface area (Å²) >= 11 is 0. The quantitative estimate of drug-likeness (QED) is 0.807. The maximum Gasteiger partial charge on any atom is 0.311 e. The number of rotatable bonds is 3. The van der Waals surface area contributed by atoms with Crippen molar-refractivity contribution in [3.8, 4) is 0 Å². The van der Waals surface area contributed by atoms with Crippen LogP contribution in [-0.4, -0.2) is 19.6 Å². The van der Waals surface area contributed by atoms with Gasteiger partial charge in [-0.25, -0.2) is 0 Å². The number of hydrogen-bond acceptors (Lipinski definition) is 3. The fraction of sp³-hybridized carbons (Fsp3) is 0.278. The summed E-state index contributed by atoms with van der Waals surface area (Å²) in [6.07, 6.45) is 0.821. The van der Waals surface area contributed by atoms with Crippen LogP contribution in [0.3, 0.4) is 0 Å². The summed E-state index contributed by atoms with van der Waals surface area (Å²) < 4.78 is 5.00. The van der Waals surface area contributed by atoms with E-state index in [0.717, 1.165) is 24.2 Å². The number of benzene rings is 2. The van der Waals surface area contributed by atoms with Crippen molar-refractivity contribution in [3.63, 3.8) is 0 Å². The van der Waals surface area contributed by atoms with E-state index >= 15 is 0 Å². The van der Waals surface area contributed by atoms with Gasteiger partial charge in [0.1, 0.15) is 0 Å². The van der Waals surface area contributed by atoms with Crippen molar-refractivity contribution >= 4 is 11.7 Å². The highest BCUT2D eigenvalue weighted by atomic mass is 16.5. The summed E-state index contributed by atoms with van der Waals surface area (Å²) in [6, 6.07) is 20.5.